The number of carbonyl (C=O) groups excluding carboxylic acids is 1. The van der Waals surface area contributed by atoms with E-state index < -0.39 is 12.0 Å². The summed E-state index contributed by atoms with van der Waals surface area (Å²) in [6, 6.07) is 26.5. The van der Waals surface area contributed by atoms with Gasteiger partial charge in [0.15, 0.2) is 4.80 Å². The van der Waals surface area contributed by atoms with Crippen molar-refractivity contribution < 1.29 is 19.0 Å². The van der Waals surface area contributed by atoms with Gasteiger partial charge in [-0.25, -0.2) is 9.79 Å². The molecule has 0 bridgehead atoms. The molecule has 0 amide bonds. The van der Waals surface area contributed by atoms with Crippen LogP contribution in [0.4, 0.5) is 0 Å². The molecule has 4 aromatic carbocycles. The minimum atomic E-state index is -0.730. The Balaban J connectivity index is 1.49. The summed E-state index contributed by atoms with van der Waals surface area (Å²) in [5, 5.41) is 1.98. The Labute approximate surface area is 278 Å². The van der Waals surface area contributed by atoms with Crippen LogP contribution in [0.15, 0.2) is 123 Å². The lowest BCUT2D eigenvalue weighted by Gasteiger charge is -2.24. The number of allylic oxidation sites excluding steroid dienone is 1. The number of rotatable bonds is 10. The van der Waals surface area contributed by atoms with Gasteiger partial charge in [0.1, 0.15) is 24.7 Å². The van der Waals surface area contributed by atoms with Gasteiger partial charge in [-0.3, -0.25) is 9.36 Å². The standard InChI is InChI=1S/C37H31BrN2O5S/c1-4-20-44-28-17-12-26(13-18-28)34-33(36(42)43-5-2)23(3)39-37-40(34)35(41)32(46-37)21-30-29-9-7-6-8-25(29)14-19-31(30)45-22-24-10-15-27(38)16-11-24/h4,6-19,21,34H,1,5,20,22H2,2-3H3/b32-21-/t34-/m0/s1. The molecule has 1 aliphatic rings. The van der Waals surface area contributed by atoms with Crippen molar-refractivity contribution in [2.75, 3.05) is 13.2 Å². The number of fused-ring (bicyclic) bond motifs is 2. The quantitative estimate of drug-likeness (QED) is 0.118. The van der Waals surface area contributed by atoms with E-state index in [-0.39, 0.29) is 12.2 Å². The van der Waals surface area contributed by atoms with Crippen molar-refractivity contribution in [3.63, 3.8) is 0 Å². The van der Waals surface area contributed by atoms with E-state index in [0.29, 0.717) is 45.3 Å². The second kappa shape index (κ2) is 13.7. The minimum absolute atomic E-state index is 0.200. The molecule has 5 aromatic rings. The smallest absolute Gasteiger partial charge is 0.338 e. The molecule has 46 heavy (non-hydrogen) atoms. The van der Waals surface area contributed by atoms with E-state index in [1.165, 1.54) is 11.3 Å². The maximum Gasteiger partial charge on any atom is 0.338 e. The van der Waals surface area contributed by atoms with Crippen LogP contribution < -0.4 is 24.4 Å². The highest BCUT2D eigenvalue weighted by atomic mass is 79.9. The van der Waals surface area contributed by atoms with E-state index in [2.05, 4.69) is 22.5 Å². The molecule has 2 heterocycles. The van der Waals surface area contributed by atoms with E-state index in [4.69, 9.17) is 19.2 Å². The third-order valence-corrected chi connectivity index (χ3v) is 9.11. The normalized spacial score (nSPS) is 14.5. The average molecular weight is 696 g/mol. The molecule has 1 atom stereocenters. The predicted molar refractivity (Wildman–Crippen MR) is 185 cm³/mol. The molecule has 0 radical (unpaired) electrons. The molecule has 0 aliphatic carbocycles. The minimum Gasteiger partial charge on any atom is -0.490 e. The number of esters is 1. The molecule has 7 nitrogen and oxygen atoms in total. The highest BCUT2D eigenvalue weighted by molar-refractivity contribution is 9.10. The van der Waals surface area contributed by atoms with Crippen molar-refractivity contribution in [2.45, 2.75) is 26.5 Å². The number of carbonyl (C=O) groups is 1. The SMILES string of the molecule is C=CCOc1ccc([C@H]2C(C(=O)OCC)=C(C)N=c3s/c(=C\c4c(OCc5ccc(Br)cc5)ccc5ccccc45)c(=O)n32)cc1. The summed E-state index contributed by atoms with van der Waals surface area (Å²) in [4.78, 5) is 32.9. The first-order chi connectivity index (χ1) is 22.4. The first-order valence-corrected chi connectivity index (χ1v) is 16.4. The van der Waals surface area contributed by atoms with Gasteiger partial charge >= 0.3 is 5.97 Å². The molecular formula is C37H31BrN2O5S. The van der Waals surface area contributed by atoms with Crippen molar-refractivity contribution >= 4 is 50.1 Å². The Morgan fingerprint density at radius 3 is 2.52 bits per heavy atom. The lowest BCUT2D eigenvalue weighted by Crippen LogP contribution is -2.39. The van der Waals surface area contributed by atoms with Gasteiger partial charge in [0, 0.05) is 10.0 Å². The van der Waals surface area contributed by atoms with Gasteiger partial charge in [-0.15, -0.1) is 0 Å². The van der Waals surface area contributed by atoms with Gasteiger partial charge in [-0.05, 0) is 72.2 Å². The molecule has 0 fully saturated rings. The summed E-state index contributed by atoms with van der Waals surface area (Å²) >= 11 is 4.76. The van der Waals surface area contributed by atoms with Crippen LogP contribution in [0.2, 0.25) is 0 Å². The molecule has 0 N–H and O–H groups in total. The third-order valence-electron chi connectivity index (χ3n) is 7.59. The number of nitrogens with zero attached hydrogens (tertiary/aromatic N) is 2. The maximum absolute atomic E-state index is 14.3. The van der Waals surface area contributed by atoms with Gasteiger partial charge < -0.3 is 14.2 Å². The Morgan fingerprint density at radius 2 is 1.78 bits per heavy atom. The van der Waals surface area contributed by atoms with Crippen LogP contribution in [-0.4, -0.2) is 23.8 Å². The van der Waals surface area contributed by atoms with Crippen molar-refractivity contribution in [1.82, 2.24) is 4.57 Å². The van der Waals surface area contributed by atoms with Crippen LogP contribution in [-0.2, 0) is 16.1 Å². The summed E-state index contributed by atoms with van der Waals surface area (Å²) in [7, 11) is 0. The zero-order valence-corrected chi connectivity index (χ0v) is 27.8. The first-order valence-electron chi connectivity index (χ1n) is 14.8. The van der Waals surface area contributed by atoms with Gasteiger partial charge in [-0.2, -0.15) is 0 Å². The van der Waals surface area contributed by atoms with Gasteiger partial charge in [0.2, 0.25) is 0 Å². The predicted octanol–water partition coefficient (Wildman–Crippen LogP) is 6.86. The molecular weight excluding hydrogens is 664 g/mol. The number of aromatic nitrogens is 1. The Kier molecular flexibility index (Phi) is 9.33. The molecule has 1 aromatic heterocycles. The maximum atomic E-state index is 14.3. The zero-order chi connectivity index (χ0) is 32.2. The highest BCUT2D eigenvalue weighted by Gasteiger charge is 2.33. The van der Waals surface area contributed by atoms with Crippen molar-refractivity contribution in [1.29, 1.82) is 0 Å². The Hall–Kier alpha value is -4.73. The molecule has 232 valence electrons. The lowest BCUT2D eigenvalue weighted by atomic mass is 9.96. The number of thiazole rings is 1. The van der Waals surface area contributed by atoms with Crippen LogP contribution in [0.5, 0.6) is 11.5 Å². The third kappa shape index (κ3) is 6.34. The summed E-state index contributed by atoms with van der Waals surface area (Å²) in [6.45, 7) is 8.15. The second-order valence-corrected chi connectivity index (χ2v) is 12.5. The van der Waals surface area contributed by atoms with E-state index in [1.807, 2.05) is 91.0 Å². The van der Waals surface area contributed by atoms with Crippen LogP contribution in [0.3, 0.4) is 0 Å². The van der Waals surface area contributed by atoms with Crippen LogP contribution in [0.1, 0.15) is 36.6 Å². The van der Waals surface area contributed by atoms with Gasteiger partial charge in [0.25, 0.3) is 5.56 Å². The average Bonchev–Trinajstić information content (AvgIpc) is 3.37. The first kappa shape index (κ1) is 31.3. The van der Waals surface area contributed by atoms with Crippen molar-refractivity contribution in [3.05, 3.63) is 150 Å². The van der Waals surface area contributed by atoms with Gasteiger partial charge in [0.05, 0.1) is 28.5 Å². The largest absolute Gasteiger partial charge is 0.490 e. The Bertz CT molecular complexity index is 2150. The summed E-state index contributed by atoms with van der Waals surface area (Å²) in [6.07, 6.45) is 3.54. The number of benzene rings is 4. The van der Waals surface area contributed by atoms with Crippen LogP contribution in [0.25, 0.3) is 16.8 Å². The number of halogens is 1. The fourth-order valence-electron chi connectivity index (χ4n) is 5.43. The van der Waals surface area contributed by atoms with Gasteiger partial charge in [-0.1, -0.05) is 94.5 Å². The number of hydrogen-bond acceptors (Lipinski definition) is 7. The molecule has 6 rings (SSSR count). The van der Waals surface area contributed by atoms with E-state index >= 15 is 0 Å². The van der Waals surface area contributed by atoms with Crippen molar-refractivity contribution in [3.8, 4) is 11.5 Å². The molecule has 1 aliphatic heterocycles. The molecule has 0 saturated carbocycles. The molecule has 0 spiro atoms. The fourth-order valence-corrected chi connectivity index (χ4v) is 6.72. The van der Waals surface area contributed by atoms with Crippen molar-refractivity contribution in [2.24, 2.45) is 4.99 Å². The number of ether oxygens (including phenoxy) is 3. The Morgan fingerprint density at radius 1 is 1.02 bits per heavy atom. The second-order valence-electron chi connectivity index (χ2n) is 10.6. The topological polar surface area (TPSA) is 79.1 Å². The molecule has 0 saturated heterocycles. The van der Waals surface area contributed by atoms with Crippen LogP contribution >= 0.6 is 27.3 Å². The molecule has 0 unspecified atom stereocenters. The zero-order valence-electron chi connectivity index (χ0n) is 25.4. The summed E-state index contributed by atoms with van der Waals surface area (Å²) in [5.74, 6) is 0.802. The molecule has 9 heteroatoms. The summed E-state index contributed by atoms with van der Waals surface area (Å²) < 4.78 is 20.5. The lowest BCUT2D eigenvalue weighted by molar-refractivity contribution is -0.139. The monoisotopic (exact) mass is 694 g/mol. The fraction of sp³-hybridized carbons (Fsp3) is 0.162. The highest BCUT2D eigenvalue weighted by Crippen LogP contribution is 2.33. The van der Waals surface area contributed by atoms with E-state index in [9.17, 15) is 9.59 Å². The van der Waals surface area contributed by atoms with Crippen LogP contribution in [0, 0.1) is 0 Å². The van der Waals surface area contributed by atoms with E-state index in [1.54, 1.807) is 24.5 Å². The van der Waals surface area contributed by atoms with E-state index in [0.717, 1.165) is 31.9 Å². The summed E-state index contributed by atoms with van der Waals surface area (Å²) in [5.41, 5.74) is 3.12. The number of hydrogen-bond donors (Lipinski definition) is 0.